The van der Waals surface area contributed by atoms with Gasteiger partial charge in [-0.3, -0.25) is 4.98 Å². The number of carbonyl (C=O) groups is 1. The van der Waals surface area contributed by atoms with Gasteiger partial charge in [-0.05, 0) is 77.2 Å². The molecule has 1 saturated heterocycles. The first kappa shape index (κ1) is 25.8. The van der Waals surface area contributed by atoms with Gasteiger partial charge in [0.1, 0.15) is 0 Å². The molecule has 0 bridgehead atoms. The van der Waals surface area contributed by atoms with E-state index in [1.165, 1.54) is 0 Å². The number of halogens is 1. The summed E-state index contributed by atoms with van der Waals surface area (Å²) in [5.74, 6) is -0.393. The van der Waals surface area contributed by atoms with E-state index < -0.39 is 17.7 Å². The van der Waals surface area contributed by atoms with Crippen molar-refractivity contribution in [2.75, 3.05) is 31.2 Å². The predicted octanol–water partition coefficient (Wildman–Crippen LogP) is 5.44. The summed E-state index contributed by atoms with van der Waals surface area (Å²) in [6.45, 7) is 19.9. The van der Waals surface area contributed by atoms with Crippen LogP contribution in [-0.4, -0.2) is 48.5 Å². The fourth-order valence-corrected chi connectivity index (χ4v) is 4.40. The number of hydrogen-bond acceptors (Lipinski definition) is 6. The minimum absolute atomic E-state index is 0.184. The highest BCUT2D eigenvalue weighted by Crippen LogP contribution is 2.42. The van der Waals surface area contributed by atoms with E-state index in [0.29, 0.717) is 13.2 Å². The van der Waals surface area contributed by atoms with Crippen molar-refractivity contribution in [2.24, 2.45) is 0 Å². The summed E-state index contributed by atoms with van der Waals surface area (Å²) >= 11 is 3.75. The zero-order valence-electron chi connectivity index (χ0n) is 20.0. The van der Waals surface area contributed by atoms with E-state index in [-0.39, 0.29) is 5.60 Å². The van der Waals surface area contributed by atoms with Crippen LogP contribution in [0.3, 0.4) is 0 Å². The topological polar surface area (TPSA) is 60.9 Å². The number of anilines is 1. The van der Waals surface area contributed by atoms with E-state index in [4.69, 9.17) is 19.2 Å². The van der Waals surface area contributed by atoms with Crippen LogP contribution in [0.15, 0.2) is 17.1 Å². The van der Waals surface area contributed by atoms with Gasteiger partial charge in [0.2, 0.25) is 0 Å². The van der Waals surface area contributed by atoms with Crippen LogP contribution in [0.2, 0.25) is 0 Å². The molecule has 0 N–H and O–H groups in total. The van der Waals surface area contributed by atoms with Crippen LogP contribution in [-0.2, 0) is 19.0 Å². The van der Waals surface area contributed by atoms with Crippen molar-refractivity contribution in [3.63, 3.8) is 0 Å². The third-order valence-electron chi connectivity index (χ3n) is 5.43. The van der Waals surface area contributed by atoms with Crippen LogP contribution in [0.25, 0.3) is 0 Å². The zero-order chi connectivity index (χ0) is 23.4. The Morgan fingerprint density at radius 1 is 1.29 bits per heavy atom. The molecule has 0 amide bonds. The monoisotopic (exact) mass is 496 g/mol. The lowest BCUT2D eigenvalue weighted by Gasteiger charge is -2.42. The molecule has 6 nitrogen and oxygen atoms in total. The maximum Gasteiger partial charge on any atom is 0.340 e. The third-order valence-corrected chi connectivity index (χ3v) is 6.38. The van der Waals surface area contributed by atoms with Gasteiger partial charge >= 0.3 is 5.97 Å². The highest BCUT2D eigenvalue weighted by molar-refractivity contribution is 9.10. The van der Waals surface area contributed by atoms with Crippen molar-refractivity contribution < 1.29 is 19.0 Å². The normalized spacial score (nSPS) is 17.4. The van der Waals surface area contributed by atoms with Crippen molar-refractivity contribution in [3.05, 3.63) is 34.1 Å². The molecule has 0 spiro atoms. The van der Waals surface area contributed by atoms with Gasteiger partial charge in [-0.15, -0.1) is 6.58 Å². The predicted molar refractivity (Wildman–Crippen MR) is 128 cm³/mol. The number of hydrogen-bond donors (Lipinski definition) is 0. The highest BCUT2D eigenvalue weighted by Gasteiger charge is 2.37. The average molecular weight is 497 g/mol. The lowest BCUT2D eigenvalue weighted by molar-refractivity contribution is -0.166. The summed E-state index contributed by atoms with van der Waals surface area (Å²) < 4.78 is 18.5. The minimum Gasteiger partial charge on any atom is -0.464 e. The number of pyridine rings is 1. The number of aromatic nitrogens is 1. The third kappa shape index (κ3) is 6.53. The van der Waals surface area contributed by atoms with Crippen molar-refractivity contribution >= 4 is 27.6 Å². The second-order valence-corrected chi connectivity index (χ2v) is 10.1. The molecule has 0 radical (unpaired) electrons. The maximum atomic E-state index is 13.0. The van der Waals surface area contributed by atoms with E-state index >= 15 is 0 Å². The van der Waals surface area contributed by atoms with Crippen LogP contribution in [0.1, 0.15) is 70.5 Å². The molecule has 0 aromatic carbocycles. The summed E-state index contributed by atoms with van der Waals surface area (Å²) in [5.41, 5.74) is 2.66. The zero-order valence-corrected chi connectivity index (χ0v) is 21.6. The van der Waals surface area contributed by atoms with Gasteiger partial charge in [0.05, 0.1) is 40.3 Å². The molecule has 31 heavy (non-hydrogen) atoms. The summed E-state index contributed by atoms with van der Waals surface area (Å²) in [7, 11) is 0. The van der Waals surface area contributed by atoms with Crippen LogP contribution < -0.4 is 4.90 Å². The quantitative estimate of drug-likeness (QED) is 0.352. The molecule has 0 unspecified atom stereocenters. The number of rotatable bonds is 8. The Hall–Kier alpha value is -1.44. The largest absolute Gasteiger partial charge is 0.464 e. The lowest BCUT2D eigenvalue weighted by atomic mass is 9.92. The van der Waals surface area contributed by atoms with Crippen molar-refractivity contribution in [2.45, 2.75) is 78.6 Å². The molecule has 1 fully saturated rings. The van der Waals surface area contributed by atoms with Crippen molar-refractivity contribution in [1.29, 1.82) is 0 Å². The minimum atomic E-state index is -0.857. The number of nitrogens with zero attached hydrogens (tertiary/aromatic N) is 2. The molecular formula is C24H37BrN2O4. The van der Waals surface area contributed by atoms with Gasteiger partial charge in [0.15, 0.2) is 6.10 Å². The van der Waals surface area contributed by atoms with E-state index in [9.17, 15) is 4.79 Å². The Kier molecular flexibility index (Phi) is 8.70. The van der Waals surface area contributed by atoms with Gasteiger partial charge in [-0.2, -0.15) is 0 Å². The lowest BCUT2D eigenvalue weighted by Crippen LogP contribution is -2.45. The second-order valence-electron chi connectivity index (χ2n) is 9.26. The number of ether oxygens (including phenoxy) is 3. The summed E-state index contributed by atoms with van der Waals surface area (Å²) in [6, 6.07) is 0. The van der Waals surface area contributed by atoms with Gasteiger partial charge in [-0.1, -0.05) is 6.08 Å². The molecule has 0 aliphatic carbocycles. The van der Waals surface area contributed by atoms with Crippen LogP contribution in [0.5, 0.6) is 0 Å². The molecule has 1 aliphatic rings. The van der Waals surface area contributed by atoms with Crippen LogP contribution >= 0.6 is 15.9 Å². The Balaban J connectivity index is 2.50. The van der Waals surface area contributed by atoms with E-state index in [1.807, 2.05) is 34.6 Å². The number of piperidine rings is 1. The molecule has 0 saturated carbocycles. The number of esters is 1. The number of carbonyl (C=O) groups excluding carboxylic acids is 1. The van der Waals surface area contributed by atoms with E-state index in [2.05, 4.69) is 34.3 Å². The second kappa shape index (κ2) is 10.5. The van der Waals surface area contributed by atoms with Crippen molar-refractivity contribution in [1.82, 2.24) is 4.98 Å². The van der Waals surface area contributed by atoms with Crippen molar-refractivity contribution in [3.8, 4) is 0 Å². The first-order chi connectivity index (χ1) is 14.4. The Morgan fingerprint density at radius 2 is 1.90 bits per heavy atom. The van der Waals surface area contributed by atoms with Gasteiger partial charge < -0.3 is 19.1 Å². The molecule has 1 aromatic heterocycles. The van der Waals surface area contributed by atoms with Gasteiger partial charge in [0.25, 0.3) is 0 Å². The highest BCUT2D eigenvalue weighted by atomic mass is 79.9. The Bertz CT molecular complexity index is 796. The molecule has 1 aliphatic heterocycles. The summed E-state index contributed by atoms with van der Waals surface area (Å²) in [5, 5.41) is 0. The van der Waals surface area contributed by atoms with Crippen LogP contribution in [0, 0.1) is 13.8 Å². The fourth-order valence-electron chi connectivity index (χ4n) is 3.85. The van der Waals surface area contributed by atoms with Gasteiger partial charge in [0, 0.05) is 24.3 Å². The molecule has 174 valence electrons. The van der Waals surface area contributed by atoms with Gasteiger partial charge in [-0.25, -0.2) is 4.79 Å². The molecule has 2 heterocycles. The molecule has 7 heteroatoms. The molecule has 1 atom stereocenters. The smallest absolute Gasteiger partial charge is 0.340 e. The number of aryl methyl sites for hydroxylation is 2. The summed E-state index contributed by atoms with van der Waals surface area (Å²) in [6.07, 6.45) is 2.68. The molecule has 2 rings (SSSR count). The molecule has 1 aromatic rings. The van der Waals surface area contributed by atoms with Crippen LogP contribution in [0.4, 0.5) is 5.69 Å². The maximum absolute atomic E-state index is 13.0. The Labute approximate surface area is 195 Å². The first-order valence-electron chi connectivity index (χ1n) is 10.9. The van der Waals surface area contributed by atoms with E-state index in [0.717, 1.165) is 53.0 Å². The SMILES string of the molecule is C=CCOC1(C)CCN(c2c(Br)c(C)nc(C)c2[C@H](OC(C)(C)C)C(=O)OCC)CC1. The fraction of sp³-hybridized carbons (Fsp3) is 0.667. The molecular weight excluding hydrogens is 460 g/mol. The first-order valence-corrected chi connectivity index (χ1v) is 11.7. The summed E-state index contributed by atoms with van der Waals surface area (Å²) in [4.78, 5) is 20.0. The Morgan fingerprint density at radius 3 is 2.42 bits per heavy atom. The van der Waals surface area contributed by atoms with E-state index in [1.54, 1.807) is 13.0 Å². The standard InChI is InChI=1S/C24H37BrN2O4/c1-9-15-30-24(8)11-13-27(14-12-24)20-18(16(3)26-17(4)19(20)25)21(22(28)29-10-2)31-23(5,6)7/h9,21H,1,10-15H2,2-8H3/t21-/m0/s1. The average Bonchev–Trinajstić information content (AvgIpc) is 2.68.